The number of halogens is 2. The molecule has 1 N–H and O–H groups in total. The van der Waals surface area contributed by atoms with Crippen LogP contribution in [0.25, 0.3) is 0 Å². The van der Waals surface area contributed by atoms with Gasteiger partial charge in [0.1, 0.15) is 10.7 Å². The molecule has 2 aromatic carbocycles. The van der Waals surface area contributed by atoms with Crippen molar-refractivity contribution < 1.29 is 17.6 Å². The summed E-state index contributed by atoms with van der Waals surface area (Å²) in [5, 5.41) is 3.66. The molecule has 162 valence electrons. The molecule has 1 heterocycles. The Morgan fingerprint density at radius 2 is 1.63 bits per heavy atom. The number of urea groups is 1. The molecule has 30 heavy (non-hydrogen) atoms. The van der Waals surface area contributed by atoms with Gasteiger partial charge in [-0.3, -0.25) is 0 Å². The van der Waals surface area contributed by atoms with Crippen LogP contribution in [0.3, 0.4) is 0 Å². The largest absolute Gasteiger partial charge is 0.331 e. The molecule has 1 fully saturated rings. The van der Waals surface area contributed by atoms with Gasteiger partial charge in [-0.25, -0.2) is 17.6 Å². The highest BCUT2D eigenvalue weighted by molar-refractivity contribution is 7.89. The minimum Gasteiger partial charge on any atom is -0.331 e. The van der Waals surface area contributed by atoms with Gasteiger partial charge in [-0.15, -0.1) is 0 Å². The molecule has 1 saturated heterocycles. The molecule has 9 heteroatoms. The minimum atomic E-state index is -3.94. The fourth-order valence-electron chi connectivity index (χ4n) is 3.45. The summed E-state index contributed by atoms with van der Waals surface area (Å²) in [6, 6.07) is 12.2. The molecule has 1 unspecified atom stereocenters. The average Bonchev–Trinajstić information content (AvgIpc) is 2.72. The van der Waals surface area contributed by atoms with Crippen molar-refractivity contribution in [2.75, 3.05) is 26.2 Å². The quantitative estimate of drug-likeness (QED) is 0.746. The van der Waals surface area contributed by atoms with E-state index in [2.05, 4.69) is 5.32 Å². The van der Waals surface area contributed by atoms with E-state index < -0.39 is 15.8 Å². The summed E-state index contributed by atoms with van der Waals surface area (Å²) in [6.45, 7) is 4.70. The van der Waals surface area contributed by atoms with Crippen LogP contribution in [0.15, 0.2) is 53.4 Å². The van der Waals surface area contributed by atoms with E-state index in [-0.39, 0.29) is 49.1 Å². The lowest BCUT2D eigenvalue weighted by Gasteiger charge is -2.35. The highest BCUT2D eigenvalue weighted by Crippen LogP contribution is 2.24. The first kappa shape index (κ1) is 22.5. The van der Waals surface area contributed by atoms with Crippen molar-refractivity contribution in [2.24, 2.45) is 5.92 Å². The van der Waals surface area contributed by atoms with Gasteiger partial charge in [-0.05, 0) is 35.7 Å². The number of nitrogens with zero attached hydrogens (tertiary/aromatic N) is 2. The second kappa shape index (κ2) is 9.32. The third-order valence-corrected chi connectivity index (χ3v) is 7.34. The zero-order valence-corrected chi connectivity index (χ0v) is 18.5. The number of nitrogens with one attached hydrogen (secondary N) is 1. The molecule has 3 rings (SSSR count). The molecule has 0 bridgehead atoms. The van der Waals surface area contributed by atoms with Crippen molar-refractivity contribution in [2.45, 2.75) is 24.8 Å². The number of piperazine rings is 1. The van der Waals surface area contributed by atoms with Crippen LogP contribution in [0, 0.1) is 11.7 Å². The van der Waals surface area contributed by atoms with E-state index in [1.54, 1.807) is 17.0 Å². The van der Waals surface area contributed by atoms with Crippen LogP contribution in [0.1, 0.15) is 25.5 Å². The topological polar surface area (TPSA) is 69.7 Å². The van der Waals surface area contributed by atoms with Gasteiger partial charge in [0, 0.05) is 31.2 Å². The number of carbonyl (C=O) groups excluding carboxylic acids is 1. The van der Waals surface area contributed by atoms with E-state index in [1.807, 2.05) is 26.0 Å². The Morgan fingerprint density at radius 3 is 2.20 bits per heavy atom. The van der Waals surface area contributed by atoms with Crippen molar-refractivity contribution in [3.8, 4) is 0 Å². The smallest absolute Gasteiger partial charge is 0.317 e. The number of rotatable bonds is 5. The molecular formula is C21H25ClFN3O3S. The molecular weight excluding hydrogens is 429 g/mol. The maximum Gasteiger partial charge on any atom is 0.317 e. The SMILES string of the molecule is CC(C)C(NC(=O)N1CCN(S(=O)(=O)c2ccccc2F)CC1)c1ccc(Cl)cc1. The van der Waals surface area contributed by atoms with Gasteiger partial charge in [0.25, 0.3) is 0 Å². The number of hydrogen-bond donors (Lipinski definition) is 1. The Balaban J connectivity index is 1.65. The summed E-state index contributed by atoms with van der Waals surface area (Å²) >= 11 is 5.96. The Bertz CT molecular complexity index is 991. The van der Waals surface area contributed by atoms with Crippen LogP contribution in [-0.4, -0.2) is 49.8 Å². The first-order valence-corrected chi connectivity index (χ1v) is 11.6. The average molecular weight is 454 g/mol. The molecule has 2 amide bonds. The zero-order valence-electron chi connectivity index (χ0n) is 16.9. The number of amides is 2. The first-order chi connectivity index (χ1) is 14.2. The summed E-state index contributed by atoms with van der Waals surface area (Å²) in [6.07, 6.45) is 0. The highest BCUT2D eigenvalue weighted by Gasteiger charge is 2.32. The number of hydrogen-bond acceptors (Lipinski definition) is 3. The van der Waals surface area contributed by atoms with Gasteiger partial charge < -0.3 is 10.2 Å². The molecule has 6 nitrogen and oxygen atoms in total. The lowest BCUT2D eigenvalue weighted by Crippen LogP contribution is -2.53. The molecule has 2 aromatic rings. The minimum absolute atomic E-state index is 0.109. The van der Waals surface area contributed by atoms with Gasteiger partial charge >= 0.3 is 6.03 Å². The fraction of sp³-hybridized carbons (Fsp3) is 0.381. The van der Waals surface area contributed by atoms with E-state index >= 15 is 0 Å². The summed E-state index contributed by atoms with van der Waals surface area (Å²) in [7, 11) is -3.94. The van der Waals surface area contributed by atoms with Crippen LogP contribution in [0.4, 0.5) is 9.18 Å². The number of sulfonamides is 1. The van der Waals surface area contributed by atoms with E-state index in [4.69, 9.17) is 11.6 Å². The summed E-state index contributed by atoms with van der Waals surface area (Å²) in [4.78, 5) is 14.0. The first-order valence-electron chi connectivity index (χ1n) is 9.75. The van der Waals surface area contributed by atoms with Gasteiger partial charge in [0.2, 0.25) is 10.0 Å². The maximum absolute atomic E-state index is 14.0. The third kappa shape index (κ3) is 4.94. The van der Waals surface area contributed by atoms with E-state index in [1.165, 1.54) is 22.5 Å². The van der Waals surface area contributed by atoms with Gasteiger partial charge in [0.15, 0.2) is 0 Å². The highest BCUT2D eigenvalue weighted by atomic mass is 35.5. The van der Waals surface area contributed by atoms with Crippen molar-refractivity contribution >= 4 is 27.7 Å². The molecule has 0 saturated carbocycles. The van der Waals surface area contributed by atoms with Crippen LogP contribution in [-0.2, 0) is 10.0 Å². The van der Waals surface area contributed by atoms with Gasteiger partial charge in [-0.1, -0.05) is 49.7 Å². The number of benzene rings is 2. The zero-order chi connectivity index (χ0) is 21.9. The summed E-state index contributed by atoms with van der Waals surface area (Å²) in [5.41, 5.74) is 0.948. The van der Waals surface area contributed by atoms with Crippen LogP contribution >= 0.6 is 11.6 Å². The summed E-state index contributed by atoms with van der Waals surface area (Å²) in [5.74, 6) is -0.627. The Morgan fingerprint density at radius 1 is 1.03 bits per heavy atom. The molecule has 1 aliphatic heterocycles. The Kier molecular flexibility index (Phi) is 7.00. The van der Waals surface area contributed by atoms with Gasteiger partial charge in [-0.2, -0.15) is 4.31 Å². The molecule has 1 aliphatic rings. The Hall–Kier alpha value is -2.16. The second-order valence-electron chi connectivity index (χ2n) is 7.54. The Labute approximate surface area is 181 Å². The van der Waals surface area contributed by atoms with Gasteiger partial charge in [0.05, 0.1) is 6.04 Å². The van der Waals surface area contributed by atoms with Crippen LogP contribution in [0.2, 0.25) is 5.02 Å². The van der Waals surface area contributed by atoms with E-state index in [9.17, 15) is 17.6 Å². The van der Waals surface area contributed by atoms with Crippen molar-refractivity contribution in [1.82, 2.24) is 14.5 Å². The molecule has 0 aliphatic carbocycles. The molecule has 0 spiro atoms. The van der Waals surface area contributed by atoms with Crippen LogP contribution < -0.4 is 5.32 Å². The lowest BCUT2D eigenvalue weighted by molar-refractivity contribution is 0.166. The standard InChI is InChI=1S/C21H25ClFN3O3S/c1-15(2)20(16-7-9-17(22)10-8-16)24-21(27)25-11-13-26(14-12-25)30(28,29)19-6-4-3-5-18(19)23/h3-10,15,20H,11-14H2,1-2H3,(H,24,27). The number of carbonyl (C=O) groups is 1. The molecule has 0 radical (unpaired) electrons. The third-order valence-electron chi connectivity index (χ3n) is 5.16. The molecule has 0 aromatic heterocycles. The second-order valence-corrected chi connectivity index (χ2v) is 9.89. The maximum atomic E-state index is 14.0. The van der Waals surface area contributed by atoms with Crippen molar-refractivity contribution in [3.05, 3.63) is 64.9 Å². The fourth-order valence-corrected chi connectivity index (χ4v) is 5.07. The van der Waals surface area contributed by atoms with E-state index in [0.717, 1.165) is 11.6 Å². The van der Waals surface area contributed by atoms with E-state index in [0.29, 0.717) is 5.02 Å². The lowest BCUT2D eigenvalue weighted by atomic mass is 9.96. The predicted molar refractivity (Wildman–Crippen MR) is 114 cm³/mol. The summed E-state index contributed by atoms with van der Waals surface area (Å²) < 4.78 is 40.6. The van der Waals surface area contributed by atoms with Crippen molar-refractivity contribution in [1.29, 1.82) is 0 Å². The van der Waals surface area contributed by atoms with Crippen LogP contribution in [0.5, 0.6) is 0 Å². The van der Waals surface area contributed by atoms with Crippen molar-refractivity contribution in [3.63, 3.8) is 0 Å². The predicted octanol–water partition coefficient (Wildman–Crippen LogP) is 3.89. The molecule has 1 atom stereocenters. The monoisotopic (exact) mass is 453 g/mol. The normalized spacial score (nSPS) is 16.5.